The Bertz CT molecular complexity index is 548. The highest BCUT2D eigenvalue weighted by Crippen LogP contribution is 2.25. The number of halogens is 3. The Labute approximate surface area is 98.9 Å². The van der Waals surface area contributed by atoms with Gasteiger partial charge in [0.25, 0.3) is 0 Å². The van der Waals surface area contributed by atoms with Gasteiger partial charge in [0.15, 0.2) is 5.82 Å². The first-order valence-corrected chi connectivity index (χ1v) is 4.69. The van der Waals surface area contributed by atoms with Crippen LogP contribution in [0.1, 0.15) is 0 Å². The molecule has 1 heterocycles. The Morgan fingerprint density at radius 2 is 1.72 bits per heavy atom. The Morgan fingerprint density at radius 1 is 1.11 bits per heavy atom. The number of alkyl halides is 3. The molecule has 0 radical (unpaired) electrons. The molecule has 18 heavy (non-hydrogen) atoms. The molecule has 0 amide bonds. The highest BCUT2D eigenvalue weighted by atomic mass is 19.4. The quantitative estimate of drug-likeness (QED) is 0.789. The molecule has 1 aromatic carbocycles. The Balaban J connectivity index is 2.25. The largest absolute Gasteiger partial charge is 0.573 e. The minimum Gasteiger partial charge on any atom is -0.406 e. The maximum atomic E-state index is 11.9. The van der Waals surface area contributed by atoms with E-state index in [4.69, 9.17) is 11.6 Å². The van der Waals surface area contributed by atoms with Crippen LogP contribution < -0.4 is 16.3 Å². The van der Waals surface area contributed by atoms with Gasteiger partial charge in [-0.1, -0.05) is 0 Å². The average molecular weight is 259 g/mol. The van der Waals surface area contributed by atoms with Crippen molar-refractivity contribution in [3.63, 3.8) is 0 Å². The van der Waals surface area contributed by atoms with E-state index in [1.54, 1.807) is 0 Å². The fourth-order valence-electron chi connectivity index (χ4n) is 1.31. The maximum absolute atomic E-state index is 11.9. The predicted octanol–water partition coefficient (Wildman–Crippen LogP) is 1.14. The second kappa shape index (κ2) is 4.09. The third-order valence-electron chi connectivity index (χ3n) is 2.07. The van der Waals surface area contributed by atoms with Crippen LogP contribution in [0.25, 0.3) is 11.4 Å². The van der Waals surface area contributed by atoms with Crippen LogP contribution in [-0.4, -0.2) is 21.2 Å². The summed E-state index contributed by atoms with van der Waals surface area (Å²) in [7, 11) is 0. The van der Waals surface area contributed by atoms with Gasteiger partial charge in [-0.3, -0.25) is 0 Å². The van der Waals surface area contributed by atoms with Gasteiger partial charge in [0.1, 0.15) is 5.75 Å². The topological polar surface area (TPSA) is 92.0 Å². The van der Waals surface area contributed by atoms with Gasteiger partial charge in [0, 0.05) is 5.56 Å². The monoisotopic (exact) mass is 259 g/mol. The molecular formula is C9H8F3N5O. The predicted molar refractivity (Wildman–Crippen MR) is 56.7 cm³/mol. The molecule has 4 N–H and O–H groups in total. The highest BCUT2D eigenvalue weighted by Gasteiger charge is 2.31. The standard InChI is InChI=1S/C9H8F3N5O/c10-9(11,12)18-6-3-1-5(2-4-6)7-15-16-8(13)17(7)14/h1-4H,14H2,(H2,13,16). The van der Waals surface area contributed by atoms with Crippen molar-refractivity contribution in [1.29, 1.82) is 0 Å². The number of nitrogens with two attached hydrogens (primary N) is 2. The number of aromatic nitrogens is 3. The van der Waals surface area contributed by atoms with Gasteiger partial charge in [0.2, 0.25) is 5.95 Å². The Hall–Kier alpha value is -2.45. The Kier molecular flexibility index (Phi) is 2.73. The van der Waals surface area contributed by atoms with Crippen molar-refractivity contribution in [3.8, 4) is 17.1 Å². The normalized spacial score (nSPS) is 11.5. The van der Waals surface area contributed by atoms with Crippen LogP contribution in [0.2, 0.25) is 0 Å². The van der Waals surface area contributed by atoms with Crippen LogP contribution in [0.3, 0.4) is 0 Å². The summed E-state index contributed by atoms with van der Waals surface area (Å²) < 4.78 is 40.6. The number of hydrogen-bond donors (Lipinski definition) is 2. The van der Waals surface area contributed by atoms with E-state index in [1.165, 1.54) is 12.1 Å². The molecule has 2 rings (SSSR count). The lowest BCUT2D eigenvalue weighted by molar-refractivity contribution is -0.274. The van der Waals surface area contributed by atoms with E-state index in [1.807, 2.05) is 0 Å². The van der Waals surface area contributed by atoms with Crippen molar-refractivity contribution in [1.82, 2.24) is 14.9 Å². The van der Waals surface area contributed by atoms with Crippen molar-refractivity contribution in [2.45, 2.75) is 6.36 Å². The van der Waals surface area contributed by atoms with Crippen molar-refractivity contribution < 1.29 is 17.9 Å². The molecule has 0 saturated heterocycles. The molecule has 0 unspecified atom stereocenters. The van der Waals surface area contributed by atoms with Crippen LogP contribution in [0.15, 0.2) is 24.3 Å². The smallest absolute Gasteiger partial charge is 0.406 e. The third-order valence-corrected chi connectivity index (χ3v) is 2.07. The van der Waals surface area contributed by atoms with Gasteiger partial charge < -0.3 is 16.3 Å². The summed E-state index contributed by atoms with van der Waals surface area (Å²) in [4.78, 5) is 0. The zero-order chi connectivity index (χ0) is 13.3. The summed E-state index contributed by atoms with van der Waals surface area (Å²) in [6.07, 6.45) is -4.72. The van der Waals surface area contributed by atoms with Gasteiger partial charge in [-0.15, -0.1) is 23.4 Å². The van der Waals surface area contributed by atoms with Crippen LogP contribution >= 0.6 is 0 Å². The number of hydrogen-bond acceptors (Lipinski definition) is 5. The van der Waals surface area contributed by atoms with E-state index in [-0.39, 0.29) is 17.5 Å². The lowest BCUT2D eigenvalue weighted by Gasteiger charge is -2.09. The lowest BCUT2D eigenvalue weighted by atomic mass is 10.2. The van der Waals surface area contributed by atoms with E-state index >= 15 is 0 Å². The summed E-state index contributed by atoms with van der Waals surface area (Å²) in [5.41, 5.74) is 5.85. The number of benzene rings is 1. The van der Waals surface area contributed by atoms with Crippen molar-refractivity contribution in [2.75, 3.05) is 11.6 Å². The SMILES string of the molecule is Nc1nnc(-c2ccc(OC(F)(F)F)cc2)n1N. The number of rotatable bonds is 2. The second-order valence-electron chi connectivity index (χ2n) is 3.32. The fourth-order valence-corrected chi connectivity index (χ4v) is 1.31. The van der Waals surface area contributed by atoms with E-state index < -0.39 is 6.36 Å². The van der Waals surface area contributed by atoms with Crippen molar-refractivity contribution in [3.05, 3.63) is 24.3 Å². The summed E-state index contributed by atoms with van der Waals surface area (Å²) in [5.74, 6) is 5.44. The van der Waals surface area contributed by atoms with Crippen molar-refractivity contribution in [2.24, 2.45) is 0 Å². The molecular weight excluding hydrogens is 251 g/mol. The van der Waals surface area contributed by atoms with Crippen molar-refractivity contribution >= 4 is 5.95 Å². The maximum Gasteiger partial charge on any atom is 0.573 e. The summed E-state index contributed by atoms with van der Waals surface area (Å²) >= 11 is 0. The molecule has 0 fully saturated rings. The van der Waals surface area contributed by atoms with Gasteiger partial charge >= 0.3 is 6.36 Å². The third kappa shape index (κ3) is 2.44. The van der Waals surface area contributed by atoms with E-state index in [0.717, 1.165) is 16.8 Å². The summed E-state index contributed by atoms with van der Waals surface area (Å²) in [6.45, 7) is 0. The van der Waals surface area contributed by atoms with Crippen LogP contribution in [0.5, 0.6) is 5.75 Å². The molecule has 96 valence electrons. The zero-order valence-electron chi connectivity index (χ0n) is 8.85. The van der Waals surface area contributed by atoms with E-state index in [0.29, 0.717) is 5.56 Å². The van der Waals surface area contributed by atoms with Gasteiger partial charge in [-0.05, 0) is 24.3 Å². The minimum absolute atomic E-state index is 0.000572. The van der Waals surface area contributed by atoms with Crippen LogP contribution in [0, 0.1) is 0 Å². The molecule has 6 nitrogen and oxygen atoms in total. The minimum atomic E-state index is -4.72. The molecule has 1 aromatic heterocycles. The number of nitrogens with zero attached hydrogens (tertiary/aromatic N) is 3. The van der Waals surface area contributed by atoms with E-state index in [9.17, 15) is 13.2 Å². The van der Waals surface area contributed by atoms with Crippen LogP contribution in [-0.2, 0) is 0 Å². The first kappa shape index (κ1) is 12.0. The molecule has 0 bridgehead atoms. The number of anilines is 1. The average Bonchev–Trinajstić information content (AvgIpc) is 2.59. The van der Waals surface area contributed by atoms with Gasteiger partial charge in [0.05, 0.1) is 0 Å². The molecule has 0 spiro atoms. The Morgan fingerprint density at radius 3 is 2.17 bits per heavy atom. The molecule has 9 heteroatoms. The van der Waals surface area contributed by atoms with E-state index in [2.05, 4.69) is 14.9 Å². The lowest BCUT2D eigenvalue weighted by Crippen LogP contribution is -2.17. The van der Waals surface area contributed by atoms with Crippen LogP contribution in [0.4, 0.5) is 19.1 Å². The second-order valence-corrected chi connectivity index (χ2v) is 3.32. The van der Waals surface area contributed by atoms with Gasteiger partial charge in [-0.2, -0.15) is 0 Å². The molecule has 2 aromatic rings. The fraction of sp³-hybridized carbons (Fsp3) is 0.111. The summed E-state index contributed by atoms with van der Waals surface area (Å²) in [6, 6.07) is 5.03. The molecule has 0 aliphatic rings. The first-order chi connectivity index (χ1) is 8.37. The molecule has 0 saturated carbocycles. The zero-order valence-corrected chi connectivity index (χ0v) is 8.85. The first-order valence-electron chi connectivity index (χ1n) is 4.69. The summed E-state index contributed by atoms with van der Waals surface area (Å²) in [5, 5.41) is 7.22. The number of ether oxygens (including phenoxy) is 1. The van der Waals surface area contributed by atoms with Gasteiger partial charge in [-0.25, -0.2) is 4.68 Å². The number of nitrogen functional groups attached to an aromatic ring is 2. The highest BCUT2D eigenvalue weighted by molar-refractivity contribution is 5.58. The molecule has 0 atom stereocenters. The molecule has 0 aliphatic heterocycles. The molecule has 0 aliphatic carbocycles.